The second-order valence-corrected chi connectivity index (χ2v) is 6.08. The van der Waals surface area contributed by atoms with Crippen LogP contribution in [-0.4, -0.2) is 7.11 Å². The van der Waals surface area contributed by atoms with Gasteiger partial charge in [0.05, 0.1) is 11.9 Å². The molecule has 0 spiro atoms. The Labute approximate surface area is 129 Å². The predicted octanol–water partition coefficient (Wildman–Crippen LogP) is 5.39. The minimum absolute atomic E-state index is 0.184. The van der Waals surface area contributed by atoms with Gasteiger partial charge in [0.25, 0.3) is 0 Å². The maximum Gasteiger partial charge on any atom is 0.131 e. The standard InChI is InChI=1S/C15H13Br2FO/c1-9-3-4-10(16)7-13(9)15(17)12-6-5-11(19-2)8-14(12)18/h3-8,15H,1-2H3. The molecule has 0 saturated carbocycles. The number of alkyl halides is 1. The average Bonchev–Trinajstić information content (AvgIpc) is 2.40. The van der Waals surface area contributed by atoms with Gasteiger partial charge in [-0.05, 0) is 36.2 Å². The Bertz CT molecular complexity index is 599. The van der Waals surface area contributed by atoms with Gasteiger partial charge in [0.15, 0.2) is 0 Å². The summed E-state index contributed by atoms with van der Waals surface area (Å²) in [5, 5.41) is 0. The Morgan fingerprint density at radius 2 is 1.84 bits per heavy atom. The van der Waals surface area contributed by atoms with Crippen molar-refractivity contribution in [2.75, 3.05) is 7.11 Å². The predicted molar refractivity (Wildman–Crippen MR) is 82.6 cm³/mol. The number of benzene rings is 2. The van der Waals surface area contributed by atoms with Crippen LogP contribution in [-0.2, 0) is 0 Å². The van der Waals surface area contributed by atoms with Crippen molar-refractivity contribution < 1.29 is 9.13 Å². The third kappa shape index (κ3) is 3.18. The van der Waals surface area contributed by atoms with Crippen molar-refractivity contribution in [1.29, 1.82) is 0 Å². The van der Waals surface area contributed by atoms with Gasteiger partial charge in [-0.3, -0.25) is 0 Å². The van der Waals surface area contributed by atoms with Crippen LogP contribution in [0.4, 0.5) is 4.39 Å². The Balaban J connectivity index is 2.43. The zero-order chi connectivity index (χ0) is 14.0. The highest BCUT2D eigenvalue weighted by atomic mass is 79.9. The van der Waals surface area contributed by atoms with Gasteiger partial charge in [0, 0.05) is 16.1 Å². The van der Waals surface area contributed by atoms with Gasteiger partial charge in [-0.25, -0.2) is 4.39 Å². The van der Waals surface area contributed by atoms with E-state index in [4.69, 9.17) is 4.74 Å². The number of methoxy groups -OCH3 is 1. The average molecular weight is 388 g/mol. The minimum Gasteiger partial charge on any atom is -0.497 e. The zero-order valence-corrected chi connectivity index (χ0v) is 13.8. The third-order valence-corrected chi connectivity index (χ3v) is 4.47. The van der Waals surface area contributed by atoms with Crippen LogP contribution in [0.2, 0.25) is 0 Å². The molecule has 0 aliphatic rings. The monoisotopic (exact) mass is 386 g/mol. The van der Waals surface area contributed by atoms with Crippen molar-refractivity contribution in [3.8, 4) is 5.75 Å². The lowest BCUT2D eigenvalue weighted by Crippen LogP contribution is -1.99. The topological polar surface area (TPSA) is 9.23 Å². The molecule has 0 aliphatic carbocycles. The van der Waals surface area contributed by atoms with E-state index in [1.165, 1.54) is 13.2 Å². The molecule has 19 heavy (non-hydrogen) atoms. The van der Waals surface area contributed by atoms with Crippen LogP contribution in [0.1, 0.15) is 21.5 Å². The van der Waals surface area contributed by atoms with Gasteiger partial charge in [-0.1, -0.05) is 44.0 Å². The molecular weight excluding hydrogens is 375 g/mol. The highest BCUT2D eigenvalue weighted by Crippen LogP contribution is 2.36. The second-order valence-electron chi connectivity index (χ2n) is 4.25. The Morgan fingerprint density at radius 3 is 2.47 bits per heavy atom. The van der Waals surface area contributed by atoms with Crippen LogP contribution in [0, 0.1) is 12.7 Å². The van der Waals surface area contributed by atoms with Crippen LogP contribution in [0.15, 0.2) is 40.9 Å². The molecule has 0 fully saturated rings. The summed E-state index contributed by atoms with van der Waals surface area (Å²) >= 11 is 7.02. The fourth-order valence-corrected chi connectivity index (χ4v) is 3.14. The van der Waals surface area contributed by atoms with Crippen molar-refractivity contribution in [1.82, 2.24) is 0 Å². The number of halogens is 3. The summed E-state index contributed by atoms with van der Waals surface area (Å²) in [7, 11) is 1.53. The molecule has 2 aromatic carbocycles. The van der Waals surface area contributed by atoms with Gasteiger partial charge >= 0.3 is 0 Å². The molecule has 0 bridgehead atoms. The van der Waals surface area contributed by atoms with Gasteiger partial charge in [0.1, 0.15) is 11.6 Å². The highest BCUT2D eigenvalue weighted by molar-refractivity contribution is 9.10. The molecule has 0 N–H and O–H groups in total. The van der Waals surface area contributed by atoms with Crippen molar-refractivity contribution >= 4 is 31.9 Å². The number of rotatable bonds is 3. The van der Waals surface area contributed by atoms with Gasteiger partial charge in [0.2, 0.25) is 0 Å². The van der Waals surface area contributed by atoms with Crippen molar-refractivity contribution in [2.24, 2.45) is 0 Å². The van der Waals surface area contributed by atoms with E-state index < -0.39 is 0 Å². The van der Waals surface area contributed by atoms with E-state index in [0.29, 0.717) is 11.3 Å². The van der Waals surface area contributed by atoms with E-state index in [1.54, 1.807) is 12.1 Å². The zero-order valence-electron chi connectivity index (χ0n) is 10.6. The Morgan fingerprint density at radius 1 is 1.11 bits per heavy atom. The SMILES string of the molecule is COc1ccc(C(Br)c2cc(Br)ccc2C)c(F)c1. The lowest BCUT2D eigenvalue weighted by molar-refractivity contribution is 0.411. The van der Waals surface area contributed by atoms with Crippen LogP contribution in [0.5, 0.6) is 5.75 Å². The van der Waals surface area contributed by atoms with E-state index in [1.807, 2.05) is 25.1 Å². The largest absolute Gasteiger partial charge is 0.497 e. The van der Waals surface area contributed by atoms with E-state index in [0.717, 1.165) is 15.6 Å². The molecule has 0 aromatic heterocycles. The van der Waals surface area contributed by atoms with E-state index in [2.05, 4.69) is 31.9 Å². The summed E-state index contributed by atoms with van der Waals surface area (Å²) in [5.41, 5.74) is 2.75. The highest BCUT2D eigenvalue weighted by Gasteiger charge is 2.17. The molecule has 0 amide bonds. The third-order valence-electron chi connectivity index (χ3n) is 3.00. The summed E-state index contributed by atoms with van der Waals surface area (Å²) < 4.78 is 20.1. The summed E-state index contributed by atoms with van der Waals surface area (Å²) in [4.78, 5) is -0.184. The van der Waals surface area contributed by atoms with E-state index >= 15 is 0 Å². The first kappa shape index (κ1) is 14.5. The quantitative estimate of drug-likeness (QED) is 0.641. The summed E-state index contributed by atoms with van der Waals surface area (Å²) in [5.74, 6) is 0.243. The first-order valence-corrected chi connectivity index (χ1v) is 7.47. The smallest absolute Gasteiger partial charge is 0.131 e. The van der Waals surface area contributed by atoms with Gasteiger partial charge < -0.3 is 4.74 Å². The van der Waals surface area contributed by atoms with Crippen LogP contribution in [0.3, 0.4) is 0 Å². The first-order chi connectivity index (χ1) is 9.02. The molecular formula is C15H13Br2FO. The molecule has 1 unspecified atom stereocenters. The van der Waals surface area contributed by atoms with Crippen molar-refractivity contribution in [3.63, 3.8) is 0 Å². The number of hydrogen-bond acceptors (Lipinski definition) is 1. The van der Waals surface area contributed by atoms with Crippen LogP contribution < -0.4 is 4.74 Å². The fraction of sp³-hybridized carbons (Fsp3) is 0.200. The normalized spacial score (nSPS) is 12.3. The number of hydrogen-bond donors (Lipinski definition) is 0. The van der Waals surface area contributed by atoms with E-state index in [9.17, 15) is 4.39 Å². The molecule has 1 nitrogen and oxygen atoms in total. The molecule has 0 heterocycles. The summed E-state index contributed by atoms with van der Waals surface area (Å²) in [6.45, 7) is 2.01. The molecule has 2 aromatic rings. The molecule has 0 aliphatic heterocycles. The van der Waals surface area contributed by atoms with Gasteiger partial charge in [-0.15, -0.1) is 0 Å². The van der Waals surface area contributed by atoms with Crippen LogP contribution in [0.25, 0.3) is 0 Å². The maximum atomic E-state index is 14.1. The lowest BCUT2D eigenvalue weighted by Gasteiger charge is -2.15. The maximum absolute atomic E-state index is 14.1. The molecule has 2 rings (SSSR count). The molecule has 1 atom stereocenters. The van der Waals surface area contributed by atoms with Crippen molar-refractivity contribution in [3.05, 3.63) is 63.4 Å². The van der Waals surface area contributed by atoms with Crippen LogP contribution >= 0.6 is 31.9 Å². The minimum atomic E-state index is -0.277. The fourth-order valence-electron chi connectivity index (χ4n) is 1.89. The van der Waals surface area contributed by atoms with Crippen molar-refractivity contribution in [2.45, 2.75) is 11.8 Å². The molecule has 0 saturated heterocycles. The number of aryl methyl sites for hydroxylation is 1. The van der Waals surface area contributed by atoms with E-state index in [-0.39, 0.29) is 10.6 Å². The molecule has 100 valence electrons. The summed E-state index contributed by atoms with van der Waals surface area (Å²) in [6, 6.07) is 10.9. The van der Waals surface area contributed by atoms with Gasteiger partial charge in [-0.2, -0.15) is 0 Å². The molecule has 4 heteroatoms. The Kier molecular flexibility index (Phi) is 4.63. The molecule has 0 radical (unpaired) electrons. The Hall–Kier alpha value is -0.870. The summed E-state index contributed by atoms with van der Waals surface area (Å²) in [6.07, 6.45) is 0. The number of ether oxygens (including phenoxy) is 1. The second kappa shape index (κ2) is 6.06. The lowest BCUT2D eigenvalue weighted by atomic mass is 10.00. The first-order valence-electron chi connectivity index (χ1n) is 5.76.